The minimum atomic E-state index is -0.0728. The van der Waals surface area contributed by atoms with E-state index < -0.39 is 0 Å². The number of rotatable bonds is 6. The third-order valence-electron chi connectivity index (χ3n) is 4.47. The lowest BCUT2D eigenvalue weighted by molar-refractivity contribution is -0.117. The summed E-state index contributed by atoms with van der Waals surface area (Å²) in [6.45, 7) is 6.06. The van der Waals surface area contributed by atoms with Crippen molar-refractivity contribution < 1.29 is 14.3 Å². The lowest BCUT2D eigenvalue weighted by Crippen LogP contribution is -2.40. The predicted molar refractivity (Wildman–Crippen MR) is 102 cm³/mol. The molecule has 138 valence electrons. The quantitative estimate of drug-likeness (QED) is 0.733. The highest BCUT2D eigenvalue weighted by atomic mass is 35.5. The number of halogens is 1. The Morgan fingerprint density at radius 2 is 2.04 bits per heavy atom. The van der Waals surface area contributed by atoms with Gasteiger partial charge in [-0.25, -0.2) is 0 Å². The van der Waals surface area contributed by atoms with Crippen LogP contribution >= 0.6 is 11.6 Å². The molecular formula is C20H28ClNO3. The van der Waals surface area contributed by atoms with Crippen LogP contribution in [0.3, 0.4) is 0 Å². The summed E-state index contributed by atoms with van der Waals surface area (Å²) < 4.78 is 11.1. The standard InChI is InChI=1S/C20H28ClNO3/c1-13(2)25-20-16(21)11-15(12-18(20)24-4)9-10-19(23)22-17-8-6-5-7-14(17)3/h9-14,17H,5-8H2,1-4H3,(H,22,23). The normalized spacial score (nSPS) is 20.7. The molecule has 1 fully saturated rings. The van der Waals surface area contributed by atoms with Crippen LogP contribution in [-0.4, -0.2) is 25.2 Å². The number of hydrogen-bond acceptors (Lipinski definition) is 3. The lowest BCUT2D eigenvalue weighted by atomic mass is 9.86. The van der Waals surface area contributed by atoms with Gasteiger partial charge in [-0.2, -0.15) is 0 Å². The largest absolute Gasteiger partial charge is 0.493 e. The maximum Gasteiger partial charge on any atom is 0.244 e. The van der Waals surface area contributed by atoms with E-state index in [-0.39, 0.29) is 18.1 Å². The van der Waals surface area contributed by atoms with Crippen molar-refractivity contribution in [2.24, 2.45) is 5.92 Å². The molecule has 2 unspecified atom stereocenters. The van der Waals surface area contributed by atoms with Crippen LogP contribution in [0.5, 0.6) is 11.5 Å². The summed E-state index contributed by atoms with van der Waals surface area (Å²) in [4.78, 5) is 12.2. The molecule has 4 nitrogen and oxygen atoms in total. The Morgan fingerprint density at radius 3 is 2.68 bits per heavy atom. The molecule has 1 amide bonds. The first-order chi connectivity index (χ1) is 11.9. The van der Waals surface area contributed by atoms with E-state index in [1.807, 2.05) is 19.9 Å². The lowest BCUT2D eigenvalue weighted by Gasteiger charge is -2.29. The number of benzene rings is 1. The zero-order chi connectivity index (χ0) is 18.4. The van der Waals surface area contributed by atoms with Crippen molar-refractivity contribution in [3.05, 3.63) is 28.8 Å². The van der Waals surface area contributed by atoms with E-state index in [9.17, 15) is 4.79 Å². The third-order valence-corrected chi connectivity index (χ3v) is 4.75. The highest BCUT2D eigenvalue weighted by molar-refractivity contribution is 6.32. The Balaban J connectivity index is 2.07. The number of hydrogen-bond donors (Lipinski definition) is 1. The van der Waals surface area contributed by atoms with Crippen molar-refractivity contribution in [2.75, 3.05) is 7.11 Å². The number of nitrogens with one attached hydrogen (secondary N) is 1. The van der Waals surface area contributed by atoms with Gasteiger partial charge in [0.1, 0.15) is 0 Å². The van der Waals surface area contributed by atoms with Gasteiger partial charge in [-0.05, 0) is 56.4 Å². The fraction of sp³-hybridized carbons (Fsp3) is 0.550. The van der Waals surface area contributed by atoms with E-state index >= 15 is 0 Å². The van der Waals surface area contributed by atoms with Gasteiger partial charge in [-0.3, -0.25) is 4.79 Å². The first kappa shape index (κ1) is 19.6. The summed E-state index contributed by atoms with van der Waals surface area (Å²) in [5, 5.41) is 3.57. The monoisotopic (exact) mass is 365 g/mol. The molecule has 1 aliphatic rings. The topological polar surface area (TPSA) is 47.6 Å². The summed E-state index contributed by atoms with van der Waals surface area (Å²) in [7, 11) is 1.57. The smallest absolute Gasteiger partial charge is 0.244 e. The first-order valence-corrected chi connectivity index (χ1v) is 9.31. The van der Waals surface area contributed by atoms with Crippen LogP contribution in [0.4, 0.5) is 0 Å². The molecule has 1 saturated carbocycles. The van der Waals surface area contributed by atoms with Crippen LogP contribution in [0.2, 0.25) is 5.02 Å². The molecular weight excluding hydrogens is 338 g/mol. The van der Waals surface area contributed by atoms with Crippen LogP contribution in [0.1, 0.15) is 52.0 Å². The van der Waals surface area contributed by atoms with Crippen molar-refractivity contribution in [3.8, 4) is 11.5 Å². The maximum atomic E-state index is 12.2. The van der Waals surface area contributed by atoms with Gasteiger partial charge in [0.2, 0.25) is 5.91 Å². The van der Waals surface area contributed by atoms with Gasteiger partial charge < -0.3 is 14.8 Å². The van der Waals surface area contributed by atoms with Gasteiger partial charge in [0.15, 0.2) is 11.5 Å². The molecule has 0 radical (unpaired) electrons. The molecule has 1 aromatic rings. The third kappa shape index (κ3) is 5.67. The van der Waals surface area contributed by atoms with Gasteiger partial charge in [-0.1, -0.05) is 31.4 Å². The maximum absolute atomic E-state index is 12.2. The number of methoxy groups -OCH3 is 1. The van der Waals surface area contributed by atoms with Crippen LogP contribution in [0.15, 0.2) is 18.2 Å². The van der Waals surface area contributed by atoms with Crippen molar-refractivity contribution in [3.63, 3.8) is 0 Å². The Hall–Kier alpha value is -1.68. The number of amides is 1. The minimum absolute atomic E-state index is 0.00365. The first-order valence-electron chi connectivity index (χ1n) is 8.93. The van der Waals surface area contributed by atoms with E-state index in [2.05, 4.69) is 12.2 Å². The van der Waals surface area contributed by atoms with Crippen molar-refractivity contribution >= 4 is 23.6 Å². The van der Waals surface area contributed by atoms with Gasteiger partial charge in [0, 0.05) is 12.1 Å². The highest BCUT2D eigenvalue weighted by Crippen LogP contribution is 2.37. The average Bonchev–Trinajstić information content (AvgIpc) is 2.56. The minimum Gasteiger partial charge on any atom is -0.493 e. The SMILES string of the molecule is COc1cc(C=CC(=O)NC2CCCCC2C)cc(Cl)c1OC(C)C. The second-order valence-corrected chi connectivity index (χ2v) is 7.32. The van der Waals surface area contributed by atoms with Crippen LogP contribution in [0.25, 0.3) is 6.08 Å². The van der Waals surface area contributed by atoms with Crippen molar-refractivity contribution in [1.82, 2.24) is 5.32 Å². The Kier molecular flexibility index (Phi) is 7.18. The van der Waals surface area contributed by atoms with E-state index in [4.69, 9.17) is 21.1 Å². The molecule has 0 aromatic heterocycles. The van der Waals surface area contributed by atoms with Crippen LogP contribution in [0, 0.1) is 5.92 Å². The second kappa shape index (κ2) is 9.14. The number of carbonyl (C=O) groups is 1. The molecule has 0 bridgehead atoms. The molecule has 1 N–H and O–H groups in total. The van der Waals surface area contributed by atoms with Crippen molar-refractivity contribution in [2.45, 2.75) is 58.6 Å². The molecule has 0 spiro atoms. The molecule has 0 aliphatic heterocycles. The predicted octanol–water partition coefficient (Wildman–Crippen LogP) is 4.84. The van der Waals surface area contributed by atoms with E-state index in [1.165, 1.54) is 19.3 Å². The zero-order valence-corrected chi connectivity index (χ0v) is 16.2. The Labute approximate surface area is 155 Å². The van der Waals surface area contributed by atoms with E-state index in [0.29, 0.717) is 22.4 Å². The molecule has 1 aromatic carbocycles. The summed E-state index contributed by atoms with van der Waals surface area (Å²) in [6.07, 6.45) is 7.97. The molecule has 1 aliphatic carbocycles. The number of ether oxygens (including phenoxy) is 2. The summed E-state index contributed by atoms with van der Waals surface area (Å²) in [5.74, 6) is 1.54. The molecule has 25 heavy (non-hydrogen) atoms. The molecule has 2 rings (SSSR count). The molecule has 5 heteroatoms. The summed E-state index contributed by atoms with van der Waals surface area (Å²) >= 11 is 6.31. The van der Waals surface area contributed by atoms with Crippen LogP contribution < -0.4 is 14.8 Å². The van der Waals surface area contributed by atoms with E-state index in [1.54, 1.807) is 25.3 Å². The van der Waals surface area contributed by atoms with Crippen LogP contribution in [-0.2, 0) is 4.79 Å². The van der Waals surface area contributed by atoms with Gasteiger partial charge in [0.05, 0.1) is 18.2 Å². The molecule has 0 saturated heterocycles. The fourth-order valence-electron chi connectivity index (χ4n) is 3.12. The van der Waals surface area contributed by atoms with Gasteiger partial charge in [0.25, 0.3) is 0 Å². The average molecular weight is 366 g/mol. The molecule has 0 heterocycles. The highest BCUT2D eigenvalue weighted by Gasteiger charge is 2.22. The zero-order valence-electron chi connectivity index (χ0n) is 15.5. The summed E-state index contributed by atoms with van der Waals surface area (Å²) in [5.41, 5.74) is 0.796. The Bertz CT molecular complexity index is 628. The summed E-state index contributed by atoms with van der Waals surface area (Å²) in [6, 6.07) is 3.86. The fourth-order valence-corrected chi connectivity index (χ4v) is 3.38. The second-order valence-electron chi connectivity index (χ2n) is 6.91. The molecule has 2 atom stereocenters. The van der Waals surface area contributed by atoms with E-state index in [0.717, 1.165) is 12.0 Å². The number of carbonyl (C=O) groups excluding carboxylic acids is 1. The van der Waals surface area contributed by atoms with Gasteiger partial charge in [-0.15, -0.1) is 0 Å². The van der Waals surface area contributed by atoms with Crippen molar-refractivity contribution in [1.29, 1.82) is 0 Å². The van der Waals surface area contributed by atoms with Gasteiger partial charge >= 0.3 is 0 Å². The Morgan fingerprint density at radius 1 is 1.32 bits per heavy atom.